The lowest BCUT2D eigenvalue weighted by Gasteiger charge is -2.14. The zero-order valence-corrected chi connectivity index (χ0v) is 13.2. The molecule has 110 valence electrons. The third-order valence-corrected chi connectivity index (χ3v) is 4.15. The molecule has 0 spiro atoms. The second-order valence-electron chi connectivity index (χ2n) is 6.12. The molecule has 0 fully saturated rings. The molecule has 1 atom stereocenters. The summed E-state index contributed by atoms with van der Waals surface area (Å²) in [4.78, 5) is 0. The van der Waals surface area contributed by atoms with E-state index >= 15 is 0 Å². The van der Waals surface area contributed by atoms with Crippen molar-refractivity contribution in [3.8, 4) is 0 Å². The molecule has 1 aromatic heterocycles. The van der Waals surface area contributed by atoms with Crippen molar-refractivity contribution in [1.82, 2.24) is 15.0 Å². The van der Waals surface area contributed by atoms with Gasteiger partial charge in [-0.15, -0.1) is 5.10 Å². The van der Waals surface area contributed by atoms with E-state index in [2.05, 4.69) is 42.7 Å². The van der Waals surface area contributed by atoms with Crippen LogP contribution in [0.1, 0.15) is 71.9 Å². The molecule has 1 unspecified atom stereocenters. The van der Waals surface area contributed by atoms with Gasteiger partial charge in [0.1, 0.15) is 0 Å². The normalized spacial score (nSPS) is 13.1. The van der Waals surface area contributed by atoms with Crippen LogP contribution in [-0.4, -0.2) is 15.0 Å². The van der Waals surface area contributed by atoms with E-state index in [9.17, 15) is 0 Å². The fourth-order valence-corrected chi connectivity index (χ4v) is 2.28. The lowest BCUT2D eigenvalue weighted by Crippen LogP contribution is -2.06. The Morgan fingerprint density at radius 3 is 2.58 bits per heavy atom. The van der Waals surface area contributed by atoms with Crippen LogP contribution in [0.3, 0.4) is 0 Å². The largest absolute Gasteiger partial charge is 0.249 e. The second-order valence-corrected chi connectivity index (χ2v) is 6.12. The molecule has 0 saturated carbocycles. The number of aromatic nitrogens is 3. The molecule has 1 rings (SSSR count). The average molecular weight is 265 g/mol. The summed E-state index contributed by atoms with van der Waals surface area (Å²) >= 11 is 0. The maximum absolute atomic E-state index is 4.20. The van der Waals surface area contributed by atoms with Gasteiger partial charge in [-0.2, -0.15) is 0 Å². The summed E-state index contributed by atoms with van der Waals surface area (Å²) in [6.45, 7) is 10.3. The van der Waals surface area contributed by atoms with Crippen LogP contribution in [0, 0.1) is 11.8 Å². The Labute approximate surface area is 118 Å². The highest BCUT2D eigenvalue weighted by Gasteiger charge is 2.07. The molecular weight excluding hydrogens is 234 g/mol. The van der Waals surface area contributed by atoms with Crippen molar-refractivity contribution in [2.45, 2.75) is 79.2 Å². The van der Waals surface area contributed by atoms with Crippen molar-refractivity contribution in [2.24, 2.45) is 11.8 Å². The lowest BCUT2D eigenvalue weighted by molar-refractivity contribution is 0.377. The predicted octanol–water partition coefficient (Wildman–Crippen LogP) is 4.47. The maximum Gasteiger partial charge on any atom is 0.0725 e. The highest BCUT2D eigenvalue weighted by molar-refractivity contribution is 4.93. The topological polar surface area (TPSA) is 30.7 Å². The molecule has 0 aromatic carbocycles. The van der Waals surface area contributed by atoms with Crippen LogP contribution in [0.5, 0.6) is 0 Å². The predicted molar refractivity (Wildman–Crippen MR) is 81.1 cm³/mol. The van der Waals surface area contributed by atoms with Crippen molar-refractivity contribution in [1.29, 1.82) is 0 Å². The Hall–Kier alpha value is -0.860. The molecule has 0 N–H and O–H groups in total. The first kappa shape index (κ1) is 16.2. The molecule has 0 bridgehead atoms. The van der Waals surface area contributed by atoms with Crippen molar-refractivity contribution < 1.29 is 0 Å². The summed E-state index contributed by atoms with van der Waals surface area (Å²) in [5, 5.41) is 8.25. The summed E-state index contributed by atoms with van der Waals surface area (Å²) in [7, 11) is 0. The number of hydrogen-bond acceptors (Lipinski definition) is 2. The van der Waals surface area contributed by atoms with E-state index in [1.165, 1.54) is 44.2 Å². The monoisotopic (exact) mass is 265 g/mol. The van der Waals surface area contributed by atoms with Crippen LogP contribution in [0.2, 0.25) is 0 Å². The molecule has 3 nitrogen and oxygen atoms in total. The number of nitrogens with zero attached hydrogens (tertiary/aromatic N) is 3. The van der Waals surface area contributed by atoms with Crippen LogP contribution in [0.15, 0.2) is 6.20 Å². The summed E-state index contributed by atoms with van der Waals surface area (Å²) in [6, 6.07) is 0. The first-order valence-corrected chi connectivity index (χ1v) is 8.02. The van der Waals surface area contributed by atoms with Crippen LogP contribution in [0.25, 0.3) is 0 Å². The molecule has 1 aromatic rings. The van der Waals surface area contributed by atoms with Gasteiger partial charge in [-0.3, -0.25) is 0 Å². The Bertz CT molecular complexity index is 330. The smallest absolute Gasteiger partial charge is 0.0725 e. The van der Waals surface area contributed by atoms with Gasteiger partial charge in [-0.05, 0) is 31.1 Å². The summed E-state index contributed by atoms with van der Waals surface area (Å²) < 4.78 is 2.10. The Morgan fingerprint density at radius 1 is 1.11 bits per heavy atom. The first-order valence-electron chi connectivity index (χ1n) is 8.02. The number of rotatable bonds is 10. The van der Waals surface area contributed by atoms with Gasteiger partial charge in [-0.1, -0.05) is 58.6 Å². The number of unbranched alkanes of at least 4 members (excludes halogenated alkanes) is 3. The zero-order valence-electron chi connectivity index (χ0n) is 13.2. The molecule has 0 aliphatic carbocycles. The lowest BCUT2D eigenvalue weighted by atomic mass is 9.92. The fourth-order valence-electron chi connectivity index (χ4n) is 2.28. The van der Waals surface area contributed by atoms with Crippen molar-refractivity contribution >= 4 is 0 Å². The minimum Gasteiger partial charge on any atom is -0.249 e. The molecule has 1 heterocycles. The van der Waals surface area contributed by atoms with E-state index in [1.54, 1.807) is 0 Å². The summed E-state index contributed by atoms with van der Waals surface area (Å²) in [5.41, 5.74) is 1.31. The van der Waals surface area contributed by atoms with Gasteiger partial charge in [0.25, 0.3) is 0 Å². The highest BCUT2D eigenvalue weighted by Crippen LogP contribution is 2.18. The van der Waals surface area contributed by atoms with Gasteiger partial charge in [-0.25, -0.2) is 4.68 Å². The SMILES string of the molecule is CCCCCn1nncc1CCCCC(C)C(C)C. The number of aryl methyl sites for hydroxylation is 2. The highest BCUT2D eigenvalue weighted by atomic mass is 15.4. The standard InChI is InChI=1S/C16H31N3/c1-5-6-9-12-19-16(13-17-18-19)11-8-7-10-15(4)14(2)3/h13-15H,5-12H2,1-4H3. The Balaban J connectivity index is 2.23. The minimum atomic E-state index is 0.807. The maximum atomic E-state index is 4.20. The van der Waals surface area contributed by atoms with E-state index in [0.29, 0.717) is 0 Å². The molecule has 0 amide bonds. The van der Waals surface area contributed by atoms with E-state index in [0.717, 1.165) is 24.8 Å². The van der Waals surface area contributed by atoms with Gasteiger partial charge < -0.3 is 0 Å². The van der Waals surface area contributed by atoms with E-state index < -0.39 is 0 Å². The van der Waals surface area contributed by atoms with Crippen molar-refractivity contribution in [3.05, 3.63) is 11.9 Å². The number of hydrogen-bond donors (Lipinski definition) is 0. The minimum absolute atomic E-state index is 0.807. The zero-order chi connectivity index (χ0) is 14.1. The van der Waals surface area contributed by atoms with E-state index in [-0.39, 0.29) is 0 Å². The molecule has 3 heteroatoms. The van der Waals surface area contributed by atoms with Crippen LogP contribution < -0.4 is 0 Å². The van der Waals surface area contributed by atoms with Gasteiger partial charge in [0, 0.05) is 6.54 Å². The fraction of sp³-hybridized carbons (Fsp3) is 0.875. The molecular formula is C16H31N3. The third-order valence-electron chi connectivity index (χ3n) is 4.15. The quantitative estimate of drug-likeness (QED) is 0.584. The van der Waals surface area contributed by atoms with E-state index in [4.69, 9.17) is 0 Å². The molecule has 0 radical (unpaired) electrons. The molecule has 19 heavy (non-hydrogen) atoms. The summed E-state index contributed by atoms with van der Waals surface area (Å²) in [5.74, 6) is 1.65. The second kappa shape index (κ2) is 9.11. The molecule has 0 saturated heterocycles. The molecule has 0 aliphatic rings. The van der Waals surface area contributed by atoms with Gasteiger partial charge in [0.15, 0.2) is 0 Å². The van der Waals surface area contributed by atoms with Gasteiger partial charge in [0.2, 0.25) is 0 Å². The van der Waals surface area contributed by atoms with Crippen molar-refractivity contribution in [2.75, 3.05) is 0 Å². The Morgan fingerprint density at radius 2 is 1.89 bits per heavy atom. The van der Waals surface area contributed by atoms with Crippen LogP contribution >= 0.6 is 0 Å². The van der Waals surface area contributed by atoms with Crippen molar-refractivity contribution in [3.63, 3.8) is 0 Å². The average Bonchev–Trinajstić information content (AvgIpc) is 2.82. The molecule has 0 aliphatic heterocycles. The van der Waals surface area contributed by atoms with Gasteiger partial charge in [0.05, 0.1) is 11.9 Å². The Kier molecular flexibility index (Phi) is 7.76. The van der Waals surface area contributed by atoms with E-state index in [1.807, 2.05) is 6.20 Å². The van der Waals surface area contributed by atoms with Crippen LogP contribution in [-0.2, 0) is 13.0 Å². The third kappa shape index (κ3) is 6.22. The summed E-state index contributed by atoms with van der Waals surface area (Å²) in [6.07, 6.45) is 10.8. The van der Waals surface area contributed by atoms with Gasteiger partial charge >= 0.3 is 0 Å². The van der Waals surface area contributed by atoms with Crippen LogP contribution in [0.4, 0.5) is 0 Å². The first-order chi connectivity index (χ1) is 9.15.